The maximum atomic E-state index is 12.0. The van der Waals surface area contributed by atoms with Crippen LogP contribution in [0.25, 0.3) is 0 Å². The average Bonchev–Trinajstić information content (AvgIpc) is 2.61. The summed E-state index contributed by atoms with van der Waals surface area (Å²) in [6.45, 7) is 3.07. The molecule has 0 aliphatic carbocycles. The van der Waals surface area contributed by atoms with Gasteiger partial charge >= 0.3 is 0 Å². The summed E-state index contributed by atoms with van der Waals surface area (Å²) in [6, 6.07) is 0.649. The number of fused-ring (bicyclic) bond motifs is 2. The Morgan fingerprint density at radius 1 is 1.44 bits per heavy atom. The van der Waals surface area contributed by atoms with Gasteiger partial charge in [0.25, 0.3) is 0 Å². The molecule has 2 bridgehead atoms. The van der Waals surface area contributed by atoms with E-state index in [0.717, 1.165) is 25.7 Å². The molecule has 2 rings (SSSR count). The van der Waals surface area contributed by atoms with Crippen LogP contribution in [-0.2, 0) is 9.53 Å². The van der Waals surface area contributed by atoms with Crippen molar-refractivity contribution < 1.29 is 14.6 Å². The molecular weight excluding hydrogens is 232 g/mol. The predicted octanol–water partition coefficient (Wildman–Crippen LogP) is 0.125. The molecule has 18 heavy (non-hydrogen) atoms. The Hall–Kier alpha value is -0.650. The minimum atomic E-state index is -0.178. The van der Waals surface area contributed by atoms with Gasteiger partial charge in [0, 0.05) is 25.7 Å². The number of nitrogens with zero attached hydrogens (tertiary/aromatic N) is 1. The second-order valence-corrected chi connectivity index (χ2v) is 5.42. The van der Waals surface area contributed by atoms with Crippen LogP contribution < -0.4 is 5.32 Å². The van der Waals surface area contributed by atoms with E-state index in [1.54, 1.807) is 7.11 Å². The number of ether oxygens (including phenoxy) is 1. The van der Waals surface area contributed by atoms with Gasteiger partial charge in [0.1, 0.15) is 0 Å². The first-order valence-electron chi connectivity index (χ1n) is 6.85. The van der Waals surface area contributed by atoms with E-state index in [0.29, 0.717) is 25.2 Å². The number of aliphatic hydroxyl groups is 1. The topological polar surface area (TPSA) is 61.8 Å². The highest BCUT2D eigenvalue weighted by Gasteiger charge is 2.43. The van der Waals surface area contributed by atoms with Gasteiger partial charge in [-0.15, -0.1) is 0 Å². The zero-order valence-electron chi connectivity index (χ0n) is 11.3. The summed E-state index contributed by atoms with van der Waals surface area (Å²) in [5.74, 6) is 0.0698. The van der Waals surface area contributed by atoms with E-state index >= 15 is 0 Å². The molecule has 1 amide bonds. The zero-order valence-corrected chi connectivity index (χ0v) is 11.3. The van der Waals surface area contributed by atoms with E-state index in [4.69, 9.17) is 4.74 Å². The Bertz CT molecular complexity index is 284. The summed E-state index contributed by atoms with van der Waals surface area (Å²) in [4.78, 5) is 14.3. The summed E-state index contributed by atoms with van der Waals surface area (Å²) < 4.78 is 4.92. The Balaban J connectivity index is 1.89. The maximum Gasteiger partial charge on any atom is 0.237 e. The van der Waals surface area contributed by atoms with Gasteiger partial charge in [0.15, 0.2) is 0 Å². The monoisotopic (exact) mass is 256 g/mol. The highest BCUT2D eigenvalue weighted by molar-refractivity contribution is 5.81. The van der Waals surface area contributed by atoms with Gasteiger partial charge in [-0.05, 0) is 32.6 Å². The molecule has 0 spiro atoms. The molecule has 2 N–H and O–H groups in total. The van der Waals surface area contributed by atoms with Gasteiger partial charge < -0.3 is 15.2 Å². The molecule has 2 aliphatic heterocycles. The molecule has 2 heterocycles. The molecule has 5 heteroatoms. The lowest BCUT2D eigenvalue weighted by atomic mass is 9.98. The van der Waals surface area contributed by atoms with Crippen LogP contribution >= 0.6 is 0 Å². The number of aliphatic hydroxyl groups excluding tert-OH is 1. The third-order valence-corrected chi connectivity index (χ3v) is 4.20. The van der Waals surface area contributed by atoms with Crippen LogP contribution in [0.2, 0.25) is 0 Å². The summed E-state index contributed by atoms with van der Waals surface area (Å²) in [7, 11) is 1.63. The van der Waals surface area contributed by atoms with Crippen molar-refractivity contribution in [2.24, 2.45) is 0 Å². The summed E-state index contributed by atoms with van der Waals surface area (Å²) >= 11 is 0. The molecule has 2 saturated heterocycles. The molecule has 0 aromatic carbocycles. The van der Waals surface area contributed by atoms with Crippen molar-refractivity contribution in [2.75, 3.05) is 20.3 Å². The number of amides is 1. The Kier molecular flexibility index (Phi) is 4.59. The second-order valence-electron chi connectivity index (χ2n) is 5.42. The molecular formula is C13H24N2O3. The van der Waals surface area contributed by atoms with Crippen molar-refractivity contribution in [3.05, 3.63) is 0 Å². The second kappa shape index (κ2) is 5.99. The maximum absolute atomic E-state index is 12.0. The van der Waals surface area contributed by atoms with Crippen LogP contribution in [0.1, 0.15) is 32.6 Å². The van der Waals surface area contributed by atoms with E-state index in [1.807, 2.05) is 6.92 Å². The van der Waals surface area contributed by atoms with Crippen molar-refractivity contribution >= 4 is 5.91 Å². The molecule has 0 aromatic heterocycles. The number of piperidine rings is 1. The molecule has 2 fully saturated rings. The number of carbonyl (C=O) groups excluding carboxylic acids is 1. The van der Waals surface area contributed by atoms with E-state index in [1.165, 1.54) is 0 Å². The van der Waals surface area contributed by atoms with Crippen LogP contribution in [0.3, 0.4) is 0 Å². The van der Waals surface area contributed by atoms with Gasteiger partial charge in [-0.1, -0.05) is 0 Å². The van der Waals surface area contributed by atoms with Crippen LogP contribution in [0.4, 0.5) is 0 Å². The smallest absolute Gasteiger partial charge is 0.237 e. The lowest BCUT2D eigenvalue weighted by molar-refractivity contribution is -0.128. The van der Waals surface area contributed by atoms with Gasteiger partial charge in [0.2, 0.25) is 5.91 Å². The van der Waals surface area contributed by atoms with Crippen molar-refractivity contribution in [3.8, 4) is 0 Å². The molecule has 2 aliphatic rings. The lowest BCUT2D eigenvalue weighted by Gasteiger charge is -2.40. The zero-order chi connectivity index (χ0) is 13.1. The van der Waals surface area contributed by atoms with E-state index in [9.17, 15) is 9.90 Å². The Morgan fingerprint density at radius 3 is 2.61 bits per heavy atom. The predicted molar refractivity (Wildman–Crippen MR) is 68.2 cm³/mol. The highest BCUT2D eigenvalue weighted by atomic mass is 16.5. The van der Waals surface area contributed by atoms with E-state index in [2.05, 4.69) is 10.2 Å². The van der Waals surface area contributed by atoms with E-state index < -0.39 is 0 Å². The van der Waals surface area contributed by atoms with Crippen molar-refractivity contribution in [2.45, 2.75) is 56.8 Å². The largest absolute Gasteiger partial charge is 0.393 e. The fourth-order valence-corrected chi connectivity index (χ4v) is 3.38. The van der Waals surface area contributed by atoms with Crippen molar-refractivity contribution in [1.82, 2.24) is 10.2 Å². The Labute approximate surface area is 108 Å². The van der Waals surface area contributed by atoms with Crippen molar-refractivity contribution in [3.63, 3.8) is 0 Å². The van der Waals surface area contributed by atoms with Crippen LogP contribution in [0, 0.1) is 0 Å². The van der Waals surface area contributed by atoms with Gasteiger partial charge in [-0.3, -0.25) is 9.69 Å². The molecule has 0 radical (unpaired) electrons. The van der Waals surface area contributed by atoms with Crippen LogP contribution in [-0.4, -0.2) is 60.4 Å². The number of rotatable bonds is 5. The summed E-state index contributed by atoms with van der Waals surface area (Å²) in [5, 5.41) is 12.7. The quantitative estimate of drug-likeness (QED) is 0.686. The van der Waals surface area contributed by atoms with E-state index in [-0.39, 0.29) is 18.1 Å². The molecule has 3 atom stereocenters. The van der Waals surface area contributed by atoms with Crippen LogP contribution in [0.15, 0.2) is 0 Å². The number of nitrogens with one attached hydrogen (secondary N) is 1. The third kappa shape index (κ3) is 2.84. The number of methoxy groups -OCH3 is 1. The lowest BCUT2D eigenvalue weighted by Crippen LogP contribution is -2.54. The fourth-order valence-electron chi connectivity index (χ4n) is 3.38. The average molecular weight is 256 g/mol. The Morgan fingerprint density at radius 2 is 2.06 bits per heavy atom. The highest BCUT2D eigenvalue weighted by Crippen LogP contribution is 2.37. The SMILES string of the molecule is COCCNC(=O)C(C)N1C2CCC1CC(O)C2. The first-order chi connectivity index (χ1) is 8.63. The molecule has 104 valence electrons. The number of hydrogen-bond donors (Lipinski definition) is 2. The first-order valence-corrected chi connectivity index (χ1v) is 6.85. The third-order valence-electron chi connectivity index (χ3n) is 4.20. The number of carbonyl (C=O) groups is 1. The first kappa shape index (κ1) is 13.8. The normalized spacial score (nSPS) is 33.4. The fraction of sp³-hybridized carbons (Fsp3) is 0.923. The minimum Gasteiger partial charge on any atom is -0.393 e. The minimum absolute atomic E-state index is 0.0698. The summed E-state index contributed by atoms with van der Waals surface area (Å²) in [6.07, 6.45) is 3.66. The van der Waals surface area contributed by atoms with Gasteiger partial charge in [-0.25, -0.2) is 0 Å². The molecule has 0 aromatic rings. The number of hydrogen-bond acceptors (Lipinski definition) is 4. The van der Waals surface area contributed by atoms with Gasteiger partial charge in [0.05, 0.1) is 18.8 Å². The molecule has 3 unspecified atom stereocenters. The standard InChI is InChI=1S/C13H24N2O3/c1-9(13(17)14-5-6-18-2)15-10-3-4-11(15)8-12(16)7-10/h9-12,16H,3-8H2,1-2H3,(H,14,17). The van der Waals surface area contributed by atoms with Crippen LogP contribution in [0.5, 0.6) is 0 Å². The molecule has 5 nitrogen and oxygen atoms in total. The molecule has 0 saturated carbocycles. The van der Waals surface area contributed by atoms with Gasteiger partial charge in [-0.2, -0.15) is 0 Å². The summed E-state index contributed by atoms with van der Waals surface area (Å²) in [5.41, 5.74) is 0. The van der Waals surface area contributed by atoms with Crippen molar-refractivity contribution in [1.29, 1.82) is 0 Å².